The highest BCUT2D eigenvalue weighted by molar-refractivity contribution is 6.01. The van der Waals surface area contributed by atoms with Gasteiger partial charge in [0.15, 0.2) is 5.78 Å². The molecule has 0 radical (unpaired) electrons. The Bertz CT molecular complexity index is 1040. The number of aromatic nitrogens is 2. The van der Waals surface area contributed by atoms with Crippen molar-refractivity contribution in [3.8, 4) is 17.6 Å². The molecule has 1 atom stereocenters. The van der Waals surface area contributed by atoms with E-state index in [-0.39, 0.29) is 23.8 Å². The maximum atomic E-state index is 12.7. The maximum Gasteiger partial charge on any atom is 0.319 e. The highest BCUT2D eigenvalue weighted by Gasteiger charge is 2.26. The van der Waals surface area contributed by atoms with Gasteiger partial charge in [-0.25, -0.2) is 4.98 Å². The summed E-state index contributed by atoms with van der Waals surface area (Å²) in [4.78, 5) is 34.5. The zero-order valence-corrected chi connectivity index (χ0v) is 18.1. The van der Waals surface area contributed by atoms with Crippen LogP contribution in [0.5, 0.6) is 17.6 Å². The van der Waals surface area contributed by atoms with Crippen molar-refractivity contribution in [1.29, 1.82) is 0 Å². The molecule has 168 valence electrons. The van der Waals surface area contributed by atoms with Crippen LogP contribution < -0.4 is 14.2 Å². The summed E-state index contributed by atoms with van der Waals surface area (Å²) in [6, 6.07) is 5.73. The molecule has 1 fully saturated rings. The minimum absolute atomic E-state index is 0.151. The number of hydrogen-bond donors (Lipinski definition) is 0. The number of ketones is 1. The lowest BCUT2D eigenvalue weighted by molar-refractivity contribution is -0.134. The Balaban J connectivity index is 1.35. The van der Waals surface area contributed by atoms with Gasteiger partial charge in [-0.1, -0.05) is 12.1 Å². The van der Waals surface area contributed by atoms with E-state index >= 15 is 0 Å². The Kier molecular flexibility index (Phi) is 6.65. The molecule has 1 aromatic heterocycles. The molecule has 1 amide bonds. The molecule has 0 N–H and O–H groups in total. The van der Waals surface area contributed by atoms with E-state index in [1.807, 2.05) is 18.2 Å². The topological polar surface area (TPSA) is 100 Å². The van der Waals surface area contributed by atoms with Gasteiger partial charge in [0, 0.05) is 36.4 Å². The second-order valence-electron chi connectivity index (χ2n) is 7.45. The molecule has 1 aliphatic carbocycles. The van der Waals surface area contributed by atoms with E-state index < -0.39 is 0 Å². The molecular formula is C23H25N3O6. The molecule has 1 aliphatic heterocycles. The van der Waals surface area contributed by atoms with Gasteiger partial charge < -0.3 is 23.8 Å². The molecule has 4 rings (SSSR count). The van der Waals surface area contributed by atoms with Crippen molar-refractivity contribution < 1.29 is 28.5 Å². The van der Waals surface area contributed by atoms with Gasteiger partial charge in [0.2, 0.25) is 11.8 Å². The second-order valence-corrected chi connectivity index (χ2v) is 7.45. The molecule has 2 aliphatic rings. The maximum absolute atomic E-state index is 12.7. The van der Waals surface area contributed by atoms with Gasteiger partial charge >= 0.3 is 6.01 Å². The molecule has 1 aromatic carbocycles. The molecule has 2 heterocycles. The van der Waals surface area contributed by atoms with Gasteiger partial charge in [-0.2, -0.15) is 4.98 Å². The van der Waals surface area contributed by atoms with E-state index in [1.165, 1.54) is 26.5 Å². The van der Waals surface area contributed by atoms with Gasteiger partial charge in [-0.05, 0) is 18.6 Å². The largest absolute Gasteiger partial charge is 0.491 e. The van der Waals surface area contributed by atoms with Crippen LogP contribution in [0.3, 0.4) is 0 Å². The van der Waals surface area contributed by atoms with Crippen molar-refractivity contribution in [3.63, 3.8) is 0 Å². The van der Waals surface area contributed by atoms with E-state index in [2.05, 4.69) is 9.97 Å². The van der Waals surface area contributed by atoms with E-state index in [0.717, 1.165) is 11.1 Å². The van der Waals surface area contributed by atoms with Crippen LogP contribution in [0.25, 0.3) is 6.08 Å². The molecule has 0 saturated carbocycles. The van der Waals surface area contributed by atoms with Crippen molar-refractivity contribution in [2.24, 2.45) is 0 Å². The van der Waals surface area contributed by atoms with Crippen molar-refractivity contribution >= 4 is 17.8 Å². The average molecular weight is 439 g/mol. The Hall–Kier alpha value is -3.46. The van der Waals surface area contributed by atoms with Crippen molar-refractivity contribution in [2.75, 3.05) is 40.5 Å². The zero-order valence-electron chi connectivity index (χ0n) is 18.1. The van der Waals surface area contributed by atoms with Crippen LogP contribution >= 0.6 is 0 Å². The first-order chi connectivity index (χ1) is 15.6. The van der Waals surface area contributed by atoms with E-state index in [0.29, 0.717) is 56.3 Å². The molecule has 1 saturated heterocycles. The SMILES string of the molecule is COc1ncc(C=CC(=O)N2CCOC(COc3cccc4c3CCC4=O)C2)c(OC)n1. The number of carbonyl (C=O) groups excluding carboxylic acids is 2. The van der Waals surface area contributed by atoms with Crippen LogP contribution in [0.2, 0.25) is 0 Å². The van der Waals surface area contributed by atoms with Crippen LogP contribution in [-0.4, -0.2) is 73.2 Å². The molecule has 2 aromatic rings. The quantitative estimate of drug-likeness (QED) is 0.604. The number of amides is 1. The number of nitrogens with zero attached hydrogens (tertiary/aromatic N) is 3. The molecule has 9 heteroatoms. The molecule has 0 bridgehead atoms. The van der Waals surface area contributed by atoms with Crippen LogP contribution in [-0.2, 0) is 16.0 Å². The summed E-state index contributed by atoms with van der Waals surface area (Å²) >= 11 is 0. The number of fused-ring (bicyclic) bond motifs is 1. The Morgan fingerprint density at radius 3 is 2.97 bits per heavy atom. The van der Waals surface area contributed by atoms with Gasteiger partial charge in [-0.15, -0.1) is 0 Å². The first kappa shape index (κ1) is 21.8. The minimum Gasteiger partial charge on any atom is -0.491 e. The Morgan fingerprint density at radius 2 is 2.16 bits per heavy atom. The molecule has 1 unspecified atom stereocenters. The third-order valence-electron chi connectivity index (χ3n) is 5.45. The Labute approximate surface area is 186 Å². The molecule has 0 spiro atoms. The smallest absolute Gasteiger partial charge is 0.319 e. The zero-order chi connectivity index (χ0) is 22.5. The standard InChI is InChI=1S/C23H25N3O6/c1-29-22-15(12-24-23(25-22)30-2)6-9-21(28)26-10-11-31-16(13-26)14-32-20-5-3-4-17-18(20)7-8-19(17)27/h3-6,9,12,16H,7-8,10-11,13-14H2,1-2H3. The summed E-state index contributed by atoms with van der Waals surface area (Å²) in [5.41, 5.74) is 2.27. The number of benzene rings is 1. The fourth-order valence-corrected chi connectivity index (χ4v) is 3.80. The summed E-state index contributed by atoms with van der Waals surface area (Å²) in [5, 5.41) is 0. The molecule has 9 nitrogen and oxygen atoms in total. The third-order valence-corrected chi connectivity index (χ3v) is 5.45. The van der Waals surface area contributed by atoms with Crippen molar-refractivity contribution in [3.05, 3.63) is 47.2 Å². The van der Waals surface area contributed by atoms with Crippen molar-refractivity contribution in [1.82, 2.24) is 14.9 Å². The number of methoxy groups -OCH3 is 2. The van der Waals surface area contributed by atoms with E-state index in [9.17, 15) is 9.59 Å². The first-order valence-electron chi connectivity index (χ1n) is 10.4. The fraction of sp³-hybridized carbons (Fsp3) is 0.391. The van der Waals surface area contributed by atoms with Crippen LogP contribution in [0, 0.1) is 0 Å². The van der Waals surface area contributed by atoms with Gasteiger partial charge in [0.05, 0.1) is 32.9 Å². The molecule has 32 heavy (non-hydrogen) atoms. The fourth-order valence-electron chi connectivity index (χ4n) is 3.80. The monoisotopic (exact) mass is 439 g/mol. The highest BCUT2D eigenvalue weighted by atomic mass is 16.5. The summed E-state index contributed by atoms with van der Waals surface area (Å²) in [7, 11) is 2.96. The van der Waals surface area contributed by atoms with E-state index in [1.54, 1.807) is 11.0 Å². The van der Waals surface area contributed by atoms with Crippen molar-refractivity contribution in [2.45, 2.75) is 18.9 Å². The Morgan fingerprint density at radius 1 is 1.28 bits per heavy atom. The van der Waals surface area contributed by atoms with Gasteiger partial charge in [0.1, 0.15) is 18.5 Å². The highest BCUT2D eigenvalue weighted by Crippen LogP contribution is 2.30. The number of rotatable bonds is 7. The summed E-state index contributed by atoms with van der Waals surface area (Å²) in [6.45, 7) is 1.63. The third kappa shape index (κ3) is 4.72. The summed E-state index contributed by atoms with van der Waals surface area (Å²) in [5.74, 6) is 1.04. The lowest BCUT2D eigenvalue weighted by Gasteiger charge is -2.32. The predicted octanol–water partition coefficient (Wildman–Crippen LogP) is 1.94. The number of carbonyl (C=O) groups is 2. The minimum atomic E-state index is -0.257. The second kappa shape index (κ2) is 9.78. The predicted molar refractivity (Wildman–Crippen MR) is 115 cm³/mol. The number of morpholine rings is 1. The lowest BCUT2D eigenvalue weighted by Crippen LogP contribution is -2.47. The van der Waals surface area contributed by atoms with Gasteiger partial charge in [-0.3, -0.25) is 9.59 Å². The first-order valence-corrected chi connectivity index (χ1v) is 10.4. The number of hydrogen-bond acceptors (Lipinski definition) is 8. The summed E-state index contributed by atoms with van der Waals surface area (Å²) in [6.07, 6.45) is 5.58. The lowest BCUT2D eigenvalue weighted by atomic mass is 10.1. The van der Waals surface area contributed by atoms with Crippen LogP contribution in [0.15, 0.2) is 30.5 Å². The van der Waals surface area contributed by atoms with E-state index in [4.69, 9.17) is 18.9 Å². The van der Waals surface area contributed by atoms with Crippen LogP contribution in [0.4, 0.5) is 0 Å². The normalized spacial score (nSPS) is 18.0. The van der Waals surface area contributed by atoms with Crippen LogP contribution in [0.1, 0.15) is 27.9 Å². The number of Topliss-reactive ketones (excluding diaryl/α,β-unsaturated/α-hetero) is 1. The van der Waals surface area contributed by atoms with Gasteiger partial charge in [0.25, 0.3) is 0 Å². The average Bonchev–Trinajstić information content (AvgIpc) is 3.22. The summed E-state index contributed by atoms with van der Waals surface area (Å²) < 4.78 is 22.0. The number of ether oxygens (including phenoxy) is 4. The molecular weight excluding hydrogens is 414 g/mol.